The average Bonchev–Trinajstić information content (AvgIpc) is 3.92. The first-order valence-corrected chi connectivity index (χ1v) is 28.6. The van der Waals surface area contributed by atoms with E-state index in [1.165, 1.54) is 117 Å². The van der Waals surface area contributed by atoms with Gasteiger partial charge in [0.05, 0.1) is 0 Å². The summed E-state index contributed by atoms with van der Waals surface area (Å²) in [5, 5.41) is 0. The van der Waals surface area contributed by atoms with Crippen LogP contribution in [0.4, 0.5) is 17.1 Å². The van der Waals surface area contributed by atoms with Gasteiger partial charge in [0, 0.05) is 27.9 Å². The monoisotopic (exact) mass is 1020 g/mol. The van der Waals surface area contributed by atoms with Gasteiger partial charge in [-0.3, -0.25) is 0 Å². The van der Waals surface area contributed by atoms with Crippen LogP contribution < -0.4 is 4.90 Å². The number of hydrogen-bond acceptors (Lipinski definition) is 1. The molecule has 394 valence electrons. The predicted octanol–water partition coefficient (Wildman–Crippen LogP) is 21.9. The van der Waals surface area contributed by atoms with E-state index in [-0.39, 0.29) is 32.5 Å². The van der Waals surface area contributed by atoms with Crippen LogP contribution >= 0.6 is 0 Å². The summed E-state index contributed by atoms with van der Waals surface area (Å²) in [5.74, 6) is 0. The van der Waals surface area contributed by atoms with Crippen molar-refractivity contribution in [2.75, 3.05) is 4.90 Å². The van der Waals surface area contributed by atoms with E-state index in [0.717, 1.165) is 17.1 Å². The lowest BCUT2D eigenvalue weighted by molar-refractivity contribution is 0.584. The SMILES string of the molecule is Cc1c(-c2ccc3c(c2)C(C)(C)c2cc(C(C)(C)C)ccc2-3)cc(N(c2ccc(-c3ccc(C(C)(C)C)cc3)cc2)c2ccc(-c3ccc(C(C)(C)C)cc3)cc2)cc1-c1ccc2c(c1)C(C)(C)c1cc(C(C)(C)C)ccc1-2. The third-order valence-electron chi connectivity index (χ3n) is 17.8. The van der Waals surface area contributed by atoms with Crippen LogP contribution in [0.25, 0.3) is 66.8 Å². The minimum absolute atomic E-state index is 0.0614. The molecule has 9 aromatic rings. The van der Waals surface area contributed by atoms with E-state index in [0.29, 0.717) is 0 Å². The summed E-state index contributed by atoms with van der Waals surface area (Å²) in [5.41, 5.74) is 30.8. The van der Waals surface area contributed by atoms with Gasteiger partial charge in [-0.25, -0.2) is 0 Å². The molecule has 2 aliphatic carbocycles. The molecule has 0 atom stereocenters. The second-order valence-corrected chi connectivity index (χ2v) is 28.0. The molecule has 0 saturated heterocycles. The first kappa shape index (κ1) is 52.8. The largest absolute Gasteiger partial charge is 0.310 e. The van der Waals surface area contributed by atoms with E-state index >= 15 is 0 Å². The highest BCUT2D eigenvalue weighted by atomic mass is 15.1. The van der Waals surface area contributed by atoms with Gasteiger partial charge in [0.1, 0.15) is 0 Å². The molecule has 1 heteroatoms. The van der Waals surface area contributed by atoms with Crippen LogP contribution in [0.5, 0.6) is 0 Å². The van der Waals surface area contributed by atoms with Gasteiger partial charge in [-0.1, -0.05) is 244 Å². The number of anilines is 3. The van der Waals surface area contributed by atoms with E-state index in [2.05, 4.69) is 305 Å². The molecule has 78 heavy (non-hydrogen) atoms. The predicted molar refractivity (Wildman–Crippen MR) is 338 cm³/mol. The molecule has 0 bridgehead atoms. The van der Waals surface area contributed by atoms with Crippen LogP contribution in [0.1, 0.15) is 161 Å². The standard InChI is InChI=1S/C77H81N/c1-48-66(53-26-38-62-64-40-32-57(74(8,9)10)44-70(64)76(14,15)68(62)42-53)46-61(47-67(48)54-27-39-63-65-41-33-58(75(11,12)13)45-71(65)77(16,17)69(63)43-54)78(59-34-22-51(23-35-59)49-18-28-55(29-19-49)72(2,3)4)60-36-24-52(25-37-60)50-20-30-56(31-21-50)73(5,6)7/h18-47H,1-17H3. The van der Waals surface area contributed by atoms with Crippen LogP contribution in [-0.4, -0.2) is 0 Å². The maximum atomic E-state index is 2.51. The molecule has 0 amide bonds. The third kappa shape index (κ3) is 9.25. The lowest BCUT2D eigenvalue weighted by atomic mass is 9.78. The molecule has 0 spiro atoms. The third-order valence-corrected chi connectivity index (χ3v) is 17.8. The van der Waals surface area contributed by atoms with E-state index in [1.807, 2.05) is 0 Å². The summed E-state index contributed by atoms with van der Waals surface area (Å²) in [4.78, 5) is 2.48. The van der Waals surface area contributed by atoms with Gasteiger partial charge in [0.25, 0.3) is 0 Å². The van der Waals surface area contributed by atoms with Gasteiger partial charge in [0.2, 0.25) is 0 Å². The number of rotatable bonds is 7. The summed E-state index contributed by atoms with van der Waals surface area (Å²) in [6.07, 6.45) is 0. The lowest BCUT2D eigenvalue weighted by Crippen LogP contribution is -2.17. The topological polar surface area (TPSA) is 3.24 Å². The van der Waals surface area contributed by atoms with E-state index in [4.69, 9.17) is 0 Å². The molecule has 0 unspecified atom stereocenters. The van der Waals surface area contributed by atoms with E-state index in [9.17, 15) is 0 Å². The highest BCUT2D eigenvalue weighted by molar-refractivity contribution is 5.92. The summed E-state index contributed by atoms with van der Waals surface area (Å²) >= 11 is 0. The zero-order chi connectivity index (χ0) is 55.6. The van der Waals surface area contributed by atoms with Crippen molar-refractivity contribution >= 4 is 17.1 Å². The van der Waals surface area contributed by atoms with Crippen molar-refractivity contribution in [3.8, 4) is 66.8 Å². The number of nitrogens with zero attached hydrogens (tertiary/aromatic N) is 1. The molecule has 0 heterocycles. The van der Waals surface area contributed by atoms with Crippen LogP contribution in [0.3, 0.4) is 0 Å². The van der Waals surface area contributed by atoms with Crippen molar-refractivity contribution in [2.24, 2.45) is 0 Å². The van der Waals surface area contributed by atoms with Gasteiger partial charge in [-0.05, 0) is 194 Å². The van der Waals surface area contributed by atoms with Crippen molar-refractivity contribution in [3.05, 3.63) is 232 Å². The van der Waals surface area contributed by atoms with Crippen LogP contribution in [-0.2, 0) is 32.5 Å². The Bertz CT molecular complexity index is 3520. The maximum Gasteiger partial charge on any atom is 0.0474 e. The van der Waals surface area contributed by atoms with Crippen molar-refractivity contribution in [3.63, 3.8) is 0 Å². The van der Waals surface area contributed by atoms with Crippen molar-refractivity contribution in [1.82, 2.24) is 0 Å². The Hall–Kier alpha value is -7.22. The minimum Gasteiger partial charge on any atom is -0.310 e. The molecular formula is C77H81N. The van der Waals surface area contributed by atoms with Crippen molar-refractivity contribution < 1.29 is 0 Å². The molecule has 0 saturated carbocycles. The second-order valence-electron chi connectivity index (χ2n) is 28.0. The molecule has 9 aromatic carbocycles. The fourth-order valence-electron chi connectivity index (χ4n) is 12.5. The molecule has 0 fully saturated rings. The first-order valence-electron chi connectivity index (χ1n) is 28.6. The molecule has 1 nitrogen and oxygen atoms in total. The van der Waals surface area contributed by atoms with E-state index < -0.39 is 0 Å². The normalized spacial score (nSPS) is 14.4. The molecule has 2 aliphatic rings. The van der Waals surface area contributed by atoms with Gasteiger partial charge >= 0.3 is 0 Å². The van der Waals surface area contributed by atoms with Gasteiger partial charge in [0.15, 0.2) is 0 Å². The maximum absolute atomic E-state index is 2.51. The molecule has 0 N–H and O–H groups in total. The fourth-order valence-corrected chi connectivity index (χ4v) is 12.5. The Labute approximate surface area is 468 Å². The Kier molecular flexibility index (Phi) is 12.5. The summed E-state index contributed by atoms with van der Waals surface area (Å²) in [6, 6.07) is 70.6. The Balaban J connectivity index is 1.10. The molecule has 0 radical (unpaired) electrons. The highest BCUT2D eigenvalue weighted by Gasteiger charge is 2.39. The Morgan fingerprint density at radius 1 is 0.256 bits per heavy atom. The molecule has 11 rings (SSSR count). The lowest BCUT2D eigenvalue weighted by Gasteiger charge is -2.29. The average molecular weight is 1020 g/mol. The van der Waals surface area contributed by atoms with Crippen LogP contribution in [0.2, 0.25) is 0 Å². The molecule has 0 aliphatic heterocycles. The quantitative estimate of drug-likeness (QED) is 0.154. The first-order chi connectivity index (χ1) is 36.6. The number of hydrogen-bond donors (Lipinski definition) is 0. The molecule has 0 aromatic heterocycles. The summed E-state index contributed by atoms with van der Waals surface area (Å²) in [6.45, 7) is 39.6. The summed E-state index contributed by atoms with van der Waals surface area (Å²) < 4.78 is 0. The van der Waals surface area contributed by atoms with Crippen LogP contribution in [0.15, 0.2) is 182 Å². The minimum atomic E-state index is -0.167. The van der Waals surface area contributed by atoms with Gasteiger partial charge in [-0.15, -0.1) is 0 Å². The molecular weight excluding hydrogens is 939 g/mol. The van der Waals surface area contributed by atoms with Gasteiger partial charge in [-0.2, -0.15) is 0 Å². The van der Waals surface area contributed by atoms with Crippen molar-refractivity contribution in [1.29, 1.82) is 0 Å². The Morgan fingerprint density at radius 3 is 0.821 bits per heavy atom. The fraction of sp³-hybridized carbons (Fsp3) is 0.299. The van der Waals surface area contributed by atoms with Crippen LogP contribution in [0, 0.1) is 6.92 Å². The zero-order valence-corrected chi connectivity index (χ0v) is 49.8. The zero-order valence-electron chi connectivity index (χ0n) is 49.8. The van der Waals surface area contributed by atoms with Gasteiger partial charge < -0.3 is 4.90 Å². The smallest absolute Gasteiger partial charge is 0.0474 e. The second kappa shape index (κ2) is 18.4. The van der Waals surface area contributed by atoms with Crippen molar-refractivity contribution in [2.45, 2.75) is 150 Å². The Morgan fingerprint density at radius 2 is 0.513 bits per heavy atom. The number of benzene rings is 9. The van der Waals surface area contributed by atoms with E-state index in [1.54, 1.807) is 0 Å². The highest BCUT2D eigenvalue weighted by Crippen LogP contribution is 2.54. The summed E-state index contributed by atoms with van der Waals surface area (Å²) in [7, 11) is 0. The number of fused-ring (bicyclic) bond motifs is 6.